The molecule has 1 aromatic carbocycles. The molecule has 0 aromatic heterocycles. The summed E-state index contributed by atoms with van der Waals surface area (Å²) in [5, 5.41) is 7.35. The Balaban J connectivity index is 1.85. The summed E-state index contributed by atoms with van der Waals surface area (Å²) in [4.78, 5) is 5.36. The van der Waals surface area contributed by atoms with E-state index in [4.69, 9.17) is 4.84 Å². The third kappa shape index (κ3) is 2.70. The van der Waals surface area contributed by atoms with Crippen LogP contribution in [0, 0.1) is 0 Å². The molecule has 2 rings (SSSR count). The van der Waals surface area contributed by atoms with E-state index in [1.165, 1.54) is 0 Å². The van der Waals surface area contributed by atoms with Crippen LogP contribution < -0.4 is 5.32 Å². The molecule has 0 fully saturated rings. The van der Waals surface area contributed by atoms with Crippen LogP contribution >= 0.6 is 0 Å². The molecule has 1 heterocycles. The monoisotopic (exact) mass is 216 g/mol. The second-order valence-corrected chi connectivity index (χ2v) is 3.78. The van der Waals surface area contributed by atoms with Crippen molar-refractivity contribution in [2.24, 2.45) is 5.16 Å². The number of hydrogen-bond donors (Lipinski definition) is 1. The highest BCUT2D eigenvalue weighted by Gasteiger charge is 2.21. The number of benzene rings is 1. The van der Waals surface area contributed by atoms with Crippen molar-refractivity contribution in [3.63, 3.8) is 0 Å². The van der Waals surface area contributed by atoms with Gasteiger partial charge in [-0.05, 0) is 5.56 Å². The Morgan fingerprint density at radius 1 is 1.44 bits per heavy atom. The Hall–Kier alpha value is -1.61. The highest BCUT2D eigenvalue weighted by Crippen LogP contribution is 2.15. The predicted octanol–water partition coefficient (Wildman–Crippen LogP) is 1.96. The Labute approximate surface area is 95.8 Å². The van der Waals surface area contributed by atoms with Gasteiger partial charge in [-0.3, -0.25) is 0 Å². The third-order valence-electron chi connectivity index (χ3n) is 2.50. The van der Waals surface area contributed by atoms with Gasteiger partial charge in [0.15, 0.2) is 0 Å². The van der Waals surface area contributed by atoms with Gasteiger partial charge in [-0.1, -0.05) is 41.6 Å². The van der Waals surface area contributed by atoms with Crippen LogP contribution in [0.5, 0.6) is 0 Å². The fourth-order valence-electron chi connectivity index (χ4n) is 1.69. The second kappa shape index (κ2) is 5.47. The normalized spacial score (nSPS) is 19.0. The van der Waals surface area contributed by atoms with E-state index in [0.29, 0.717) is 0 Å². The van der Waals surface area contributed by atoms with Crippen LogP contribution in [-0.2, 0) is 4.84 Å². The Morgan fingerprint density at radius 2 is 2.25 bits per heavy atom. The molecule has 1 aliphatic rings. The van der Waals surface area contributed by atoms with Crippen molar-refractivity contribution in [3.05, 3.63) is 48.6 Å². The summed E-state index contributed by atoms with van der Waals surface area (Å²) in [5.41, 5.74) is 2.18. The maximum absolute atomic E-state index is 5.36. The SMILES string of the molecule is C=CCNCC1CC(c2ccccc2)=NO1. The lowest BCUT2D eigenvalue weighted by Crippen LogP contribution is -2.27. The molecule has 0 radical (unpaired) electrons. The van der Waals surface area contributed by atoms with Crippen molar-refractivity contribution >= 4 is 5.71 Å². The van der Waals surface area contributed by atoms with Gasteiger partial charge in [0.05, 0.1) is 5.71 Å². The molecule has 0 amide bonds. The van der Waals surface area contributed by atoms with E-state index < -0.39 is 0 Å². The van der Waals surface area contributed by atoms with Gasteiger partial charge >= 0.3 is 0 Å². The molecule has 84 valence electrons. The van der Waals surface area contributed by atoms with E-state index in [9.17, 15) is 0 Å². The molecule has 16 heavy (non-hydrogen) atoms. The Bertz CT molecular complexity index is 373. The van der Waals surface area contributed by atoms with Gasteiger partial charge in [0, 0.05) is 19.5 Å². The van der Waals surface area contributed by atoms with Crippen molar-refractivity contribution in [2.75, 3.05) is 13.1 Å². The molecule has 1 aliphatic heterocycles. The first-order valence-electron chi connectivity index (χ1n) is 5.50. The van der Waals surface area contributed by atoms with Crippen LogP contribution in [0.1, 0.15) is 12.0 Å². The molecule has 1 aromatic rings. The summed E-state index contributed by atoms with van der Waals surface area (Å²) >= 11 is 0. The van der Waals surface area contributed by atoms with Crippen LogP contribution in [0.2, 0.25) is 0 Å². The van der Waals surface area contributed by atoms with Gasteiger partial charge in [0.1, 0.15) is 6.10 Å². The first kappa shape index (κ1) is 10.9. The van der Waals surface area contributed by atoms with Gasteiger partial charge < -0.3 is 10.2 Å². The van der Waals surface area contributed by atoms with E-state index >= 15 is 0 Å². The zero-order chi connectivity index (χ0) is 11.2. The smallest absolute Gasteiger partial charge is 0.145 e. The highest BCUT2D eigenvalue weighted by atomic mass is 16.6. The average Bonchev–Trinajstić information content (AvgIpc) is 2.79. The van der Waals surface area contributed by atoms with Crippen molar-refractivity contribution in [3.8, 4) is 0 Å². The van der Waals surface area contributed by atoms with Gasteiger partial charge in [-0.2, -0.15) is 0 Å². The van der Waals surface area contributed by atoms with Gasteiger partial charge in [-0.25, -0.2) is 0 Å². The van der Waals surface area contributed by atoms with Crippen LogP contribution in [0.3, 0.4) is 0 Å². The number of oxime groups is 1. The van der Waals surface area contributed by atoms with E-state index in [-0.39, 0.29) is 6.10 Å². The summed E-state index contributed by atoms with van der Waals surface area (Å²) in [6, 6.07) is 10.1. The summed E-state index contributed by atoms with van der Waals surface area (Å²) in [6.45, 7) is 5.27. The minimum absolute atomic E-state index is 0.148. The minimum atomic E-state index is 0.148. The van der Waals surface area contributed by atoms with Gasteiger partial charge in [0.2, 0.25) is 0 Å². The molecule has 0 bridgehead atoms. The standard InChI is InChI=1S/C13H16N2O/c1-2-8-14-10-12-9-13(15-16-12)11-6-4-3-5-7-11/h2-7,12,14H,1,8-10H2. The summed E-state index contributed by atoms with van der Waals surface area (Å²) < 4.78 is 0. The second-order valence-electron chi connectivity index (χ2n) is 3.78. The molecule has 1 N–H and O–H groups in total. The van der Waals surface area contributed by atoms with E-state index in [1.54, 1.807) is 0 Å². The molecule has 1 atom stereocenters. The molecule has 0 saturated carbocycles. The van der Waals surface area contributed by atoms with Crippen molar-refractivity contribution in [1.29, 1.82) is 0 Å². The van der Waals surface area contributed by atoms with Crippen molar-refractivity contribution < 1.29 is 4.84 Å². The minimum Gasteiger partial charge on any atom is -0.390 e. The Morgan fingerprint density at radius 3 is 3.00 bits per heavy atom. The maximum Gasteiger partial charge on any atom is 0.145 e. The number of nitrogens with one attached hydrogen (secondary N) is 1. The van der Waals surface area contributed by atoms with Crippen LogP contribution in [0.25, 0.3) is 0 Å². The van der Waals surface area contributed by atoms with Gasteiger partial charge in [0.25, 0.3) is 0 Å². The van der Waals surface area contributed by atoms with E-state index in [2.05, 4.69) is 29.2 Å². The molecular formula is C13H16N2O. The topological polar surface area (TPSA) is 33.6 Å². The van der Waals surface area contributed by atoms with Crippen LogP contribution in [-0.4, -0.2) is 24.9 Å². The predicted molar refractivity (Wildman–Crippen MR) is 65.5 cm³/mol. The lowest BCUT2D eigenvalue weighted by Gasteiger charge is -2.07. The van der Waals surface area contributed by atoms with Crippen molar-refractivity contribution in [1.82, 2.24) is 5.32 Å². The fraction of sp³-hybridized carbons (Fsp3) is 0.308. The quantitative estimate of drug-likeness (QED) is 0.603. The largest absolute Gasteiger partial charge is 0.390 e. The molecule has 3 nitrogen and oxygen atoms in total. The number of rotatable bonds is 5. The first-order chi connectivity index (χ1) is 7.90. The average molecular weight is 216 g/mol. The number of nitrogens with zero attached hydrogens (tertiary/aromatic N) is 1. The van der Waals surface area contributed by atoms with Crippen LogP contribution in [0.4, 0.5) is 0 Å². The zero-order valence-corrected chi connectivity index (χ0v) is 9.23. The maximum atomic E-state index is 5.36. The van der Waals surface area contributed by atoms with Crippen LogP contribution in [0.15, 0.2) is 48.1 Å². The summed E-state index contributed by atoms with van der Waals surface area (Å²) in [7, 11) is 0. The molecule has 1 unspecified atom stereocenters. The highest BCUT2D eigenvalue weighted by molar-refractivity contribution is 6.01. The summed E-state index contributed by atoms with van der Waals surface area (Å²) in [6.07, 6.45) is 2.86. The molecule has 0 spiro atoms. The van der Waals surface area contributed by atoms with Crippen molar-refractivity contribution in [2.45, 2.75) is 12.5 Å². The fourth-order valence-corrected chi connectivity index (χ4v) is 1.69. The lowest BCUT2D eigenvalue weighted by molar-refractivity contribution is 0.0859. The molecular weight excluding hydrogens is 200 g/mol. The molecule has 3 heteroatoms. The number of hydrogen-bond acceptors (Lipinski definition) is 3. The molecule has 0 saturated heterocycles. The third-order valence-corrected chi connectivity index (χ3v) is 2.50. The zero-order valence-electron chi connectivity index (χ0n) is 9.23. The van der Waals surface area contributed by atoms with E-state index in [0.717, 1.165) is 30.8 Å². The summed E-state index contributed by atoms with van der Waals surface area (Å²) in [5.74, 6) is 0. The Kier molecular flexibility index (Phi) is 3.72. The molecule has 0 aliphatic carbocycles. The first-order valence-corrected chi connectivity index (χ1v) is 5.50. The lowest BCUT2D eigenvalue weighted by atomic mass is 10.1. The van der Waals surface area contributed by atoms with Gasteiger partial charge in [-0.15, -0.1) is 6.58 Å². The van der Waals surface area contributed by atoms with E-state index in [1.807, 2.05) is 24.3 Å².